The van der Waals surface area contributed by atoms with E-state index in [9.17, 15) is 18.3 Å². The van der Waals surface area contributed by atoms with Crippen LogP contribution in [0.1, 0.15) is 17.5 Å². The molecule has 2 heterocycles. The van der Waals surface area contributed by atoms with Gasteiger partial charge in [-0.2, -0.15) is 18.3 Å². The molecule has 4 aromatic rings. The third-order valence-corrected chi connectivity index (χ3v) is 6.14. The van der Waals surface area contributed by atoms with E-state index in [1.807, 2.05) is 54.6 Å². The van der Waals surface area contributed by atoms with Crippen LogP contribution in [0.5, 0.6) is 0 Å². The quantitative estimate of drug-likeness (QED) is 0.476. The molecule has 1 aliphatic rings. The van der Waals surface area contributed by atoms with E-state index in [0.717, 1.165) is 29.8 Å². The SMILES string of the molecule is OC(CN1CCCc2ccccc21)(c1ccc2c(cnn2-c2ccccc2)c1)C(F)(F)F. The van der Waals surface area contributed by atoms with Crippen molar-refractivity contribution in [3.63, 3.8) is 0 Å². The number of aliphatic hydroxyl groups is 1. The summed E-state index contributed by atoms with van der Waals surface area (Å²) in [7, 11) is 0. The lowest BCUT2D eigenvalue weighted by molar-refractivity contribution is -0.262. The third-order valence-electron chi connectivity index (χ3n) is 6.14. The number of para-hydroxylation sites is 2. The van der Waals surface area contributed by atoms with Crippen molar-refractivity contribution in [3.8, 4) is 5.69 Å². The topological polar surface area (TPSA) is 41.3 Å². The highest BCUT2D eigenvalue weighted by atomic mass is 19.4. The Morgan fingerprint density at radius 2 is 1.69 bits per heavy atom. The lowest BCUT2D eigenvalue weighted by Crippen LogP contribution is -2.52. The van der Waals surface area contributed by atoms with Gasteiger partial charge in [0.25, 0.3) is 0 Å². The fourth-order valence-corrected chi connectivity index (χ4v) is 4.46. The summed E-state index contributed by atoms with van der Waals surface area (Å²) in [6.07, 6.45) is -1.75. The highest BCUT2D eigenvalue weighted by molar-refractivity contribution is 5.81. The Hall–Kier alpha value is -3.32. The van der Waals surface area contributed by atoms with Crippen LogP contribution in [-0.4, -0.2) is 34.2 Å². The van der Waals surface area contributed by atoms with Gasteiger partial charge >= 0.3 is 6.18 Å². The van der Waals surface area contributed by atoms with E-state index in [2.05, 4.69) is 5.10 Å². The molecule has 0 aliphatic carbocycles. The maximum atomic E-state index is 14.3. The van der Waals surface area contributed by atoms with E-state index in [-0.39, 0.29) is 5.56 Å². The number of aryl methyl sites for hydroxylation is 1. The molecule has 32 heavy (non-hydrogen) atoms. The number of nitrogens with zero attached hydrogens (tertiary/aromatic N) is 3. The second-order valence-electron chi connectivity index (χ2n) is 8.18. The van der Waals surface area contributed by atoms with Crippen LogP contribution in [0, 0.1) is 0 Å². The molecular formula is C25H22F3N3O. The first-order valence-electron chi connectivity index (χ1n) is 10.5. The van der Waals surface area contributed by atoms with Crippen LogP contribution in [0.4, 0.5) is 18.9 Å². The number of β-amino-alcohol motifs (C(OH)–C–C–N with tert-alkyl or cyclic N) is 1. The minimum atomic E-state index is -4.84. The standard InChI is InChI=1S/C25H22F3N3O/c26-25(27,28)24(32,17-30-14-6-8-18-7-4-5-11-22(18)30)20-12-13-23-19(15-20)16-29-31(23)21-9-2-1-3-10-21/h1-5,7,9-13,15-16,32H,6,8,14,17H2. The Morgan fingerprint density at radius 1 is 0.938 bits per heavy atom. The van der Waals surface area contributed by atoms with Crippen molar-refractivity contribution in [3.05, 3.63) is 90.1 Å². The molecule has 1 aliphatic heterocycles. The molecule has 0 fully saturated rings. The van der Waals surface area contributed by atoms with Gasteiger partial charge in [-0.3, -0.25) is 0 Å². The predicted octanol–water partition coefficient (Wildman–Crippen LogP) is 5.23. The van der Waals surface area contributed by atoms with Crippen LogP contribution in [0.3, 0.4) is 0 Å². The summed E-state index contributed by atoms with van der Waals surface area (Å²) < 4.78 is 44.6. The molecule has 7 heteroatoms. The van der Waals surface area contributed by atoms with Gasteiger partial charge in [-0.05, 0) is 54.3 Å². The Balaban J connectivity index is 1.55. The second kappa shape index (κ2) is 7.67. The van der Waals surface area contributed by atoms with E-state index in [1.54, 1.807) is 15.6 Å². The first-order valence-corrected chi connectivity index (χ1v) is 10.5. The second-order valence-corrected chi connectivity index (χ2v) is 8.18. The summed E-state index contributed by atoms with van der Waals surface area (Å²) in [5.41, 5.74) is 0.0370. The zero-order valence-electron chi connectivity index (χ0n) is 17.3. The van der Waals surface area contributed by atoms with Crippen LogP contribution in [0.25, 0.3) is 16.6 Å². The van der Waals surface area contributed by atoms with Gasteiger partial charge in [-0.25, -0.2) is 4.68 Å². The molecular weight excluding hydrogens is 415 g/mol. The number of hydrogen-bond acceptors (Lipinski definition) is 3. The number of hydrogen-bond donors (Lipinski definition) is 1. The van der Waals surface area contributed by atoms with Crippen molar-refractivity contribution in [2.75, 3.05) is 18.0 Å². The van der Waals surface area contributed by atoms with Gasteiger partial charge in [0.15, 0.2) is 0 Å². The Bertz CT molecular complexity index is 1250. The molecule has 164 valence electrons. The van der Waals surface area contributed by atoms with E-state index >= 15 is 0 Å². The number of benzene rings is 3. The molecule has 0 saturated heterocycles. The molecule has 4 nitrogen and oxygen atoms in total. The largest absolute Gasteiger partial charge is 0.423 e. The van der Waals surface area contributed by atoms with E-state index in [4.69, 9.17) is 0 Å². The third kappa shape index (κ3) is 3.42. The van der Waals surface area contributed by atoms with Crippen molar-refractivity contribution >= 4 is 16.6 Å². The van der Waals surface area contributed by atoms with Crippen LogP contribution in [-0.2, 0) is 12.0 Å². The van der Waals surface area contributed by atoms with Gasteiger partial charge in [0.2, 0.25) is 5.60 Å². The zero-order chi connectivity index (χ0) is 22.3. The van der Waals surface area contributed by atoms with Crippen molar-refractivity contribution in [1.29, 1.82) is 0 Å². The molecule has 3 aromatic carbocycles. The number of rotatable bonds is 4. The summed E-state index contributed by atoms with van der Waals surface area (Å²) in [6.45, 7) is -0.102. The monoisotopic (exact) mass is 437 g/mol. The lowest BCUT2D eigenvalue weighted by Gasteiger charge is -2.39. The lowest BCUT2D eigenvalue weighted by atomic mass is 9.90. The molecule has 1 unspecified atom stereocenters. The normalized spacial score (nSPS) is 16.1. The summed E-state index contributed by atoms with van der Waals surface area (Å²) >= 11 is 0. The maximum Gasteiger partial charge on any atom is 0.423 e. The number of alkyl halides is 3. The molecule has 5 rings (SSSR count). The van der Waals surface area contributed by atoms with Gasteiger partial charge in [-0.15, -0.1) is 0 Å². The highest BCUT2D eigenvalue weighted by Crippen LogP contribution is 2.42. The molecule has 0 bridgehead atoms. The first kappa shape index (κ1) is 20.6. The molecule has 0 spiro atoms. The zero-order valence-corrected chi connectivity index (χ0v) is 17.3. The molecule has 0 saturated carbocycles. The number of aromatic nitrogens is 2. The van der Waals surface area contributed by atoms with Crippen LogP contribution >= 0.6 is 0 Å². The Morgan fingerprint density at radius 3 is 2.47 bits per heavy atom. The van der Waals surface area contributed by atoms with E-state index < -0.39 is 18.3 Å². The van der Waals surface area contributed by atoms with Gasteiger partial charge in [-0.1, -0.05) is 42.5 Å². The summed E-state index contributed by atoms with van der Waals surface area (Å²) in [4.78, 5) is 1.64. The minimum absolute atomic E-state index is 0.187. The molecule has 1 N–H and O–H groups in total. The van der Waals surface area contributed by atoms with Crippen molar-refractivity contribution < 1.29 is 18.3 Å². The van der Waals surface area contributed by atoms with Gasteiger partial charge in [0.05, 0.1) is 23.9 Å². The summed E-state index contributed by atoms with van der Waals surface area (Å²) in [5, 5.41) is 16.0. The van der Waals surface area contributed by atoms with Crippen molar-refractivity contribution in [1.82, 2.24) is 9.78 Å². The summed E-state index contributed by atoms with van der Waals surface area (Å²) in [6, 6.07) is 21.2. The fourth-order valence-electron chi connectivity index (χ4n) is 4.46. The van der Waals surface area contributed by atoms with Crippen LogP contribution in [0.2, 0.25) is 0 Å². The molecule has 0 radical (unpaired) electrons. The Kier molecular flexibility index (Phi) is 4.93. The predicted molar refractivity (Wildman–Crippen MR) is 118 cm³/mol. The van der Waals surface area contributed by atoms with E-state index in [0.29, 0.717) is 17.4 Å². The molecule has 1 aromatic heterocycles. The smallest absolute Gasteiger partial charge is 0.375 e. The Labute approximate surface area is 183 Å². The molecule has 0 amide bonds. The number of halogens is 3. The minimum Gasteiger partial charge on any atom is -0.375 e. The van der Waals surface area contributed by atoms with Gasteiger partial charge in [0, 0.05) is 17.6 Å². The maximum absolute atomic E-state index is 14.3. The summed E-state index contributed by atoms with van der Waals surface area (Å²) in [5.74, 6) is 0. The van der Waals surface area contributed by atoms with Crippen molar-refractivity contribution in [2.24, 2.45) is 0 Å². The van der Waals surface area contributed by atoms with Crippen molar-refractivity contribution in [2.45, 2.75) is 24.6 Å². The number of anilines is 1. The van der Waals surface area contributed by atoms with Gasteiger partial charge in [0.1, 0.15) is 0 Å². The molecule has 1 atom stereocenters. The average molecular weight is 437 g/mol. The highest BCUT2D eigenvalue weighted by Gasteiger charge is 2.56. The van der Waals surface area contributed by atoms with E-state index in [1.165, 1.54) is 18.3 Å². The first-order chi connectivity index (χ1) is 15.4. The fraction of sp³-hybridized carbons (Fsp3) is 0.240. The number of fused-ring (bicyclic) bond motifs is 2. The van der Waals surface area contributed by atoms with Crippen LogP contribution < -0.4 is 4.90 Å². The van der Waals surface area contributed by atoms with Crippen LogP contribution in [0.15, 0.2) is 79.0 Å². The average Bonchev–Trinajstić information content (AvgIpc) is 3.22. The van der Waals surface area contributed by atoms with Gasteiger partial charge < -0.3 is 10.0 Å².